The molecule has 1 aliphatic heterocycles. The van der Waals surface area contributed by atoms with Crippen LogP contribution < -0.4 is 15.4 Å². The molecule has 1 fully saturated rings. The van der Waals surface area contributed by atoms with Gasteiger partial charge in [-0.05, 0) is 43.5 Å². The van der Waals surface area contributed by atoms with Crippen LogP contribution in [0.15, 0.2) is 47.1 Å². The first-order valence-corrected chi connectivity index (χ1v) is 9.17. The summed E-state index contributed by atoms with van der Waals surface area (Å²) in [5.74, 6) is 0.573. The molecule has 0 aliphatic carbocycles. The third-order valence-corrected chi connectivity index (χ3v) is 4.19. The fraction of sp³-hybridized carbons (Fsp3) is 0.400. The molecule has 1 aromatic heterocycles. The van der Waals surface area contributed by atoms with Crippen molar-refractivity contribution in [2.75, 3.05) is 25.1 Å². The molecule has 0 spiro atoms. The Kier molecular flexibility index (Phi) is 6.87. The minimum absolute atomic E-state index is 0.112. The third kappa shape index (κ3) is 6.14. The van der Waals surface area contributed by atoms with Crippen molar-refractivity contribution in [3.63, 3.8) is 0 Å². The van der Waals surface area contributed by atoms with E-state index >= 15 is 0 Å². The van der Waals surface area contributed by atoms with E-state index in [1.807, 2.05) is 18.2 Å². The molecule has 144 valence electrons. The first-order valence-electron chi connectivity index (χ1n) is 9.17. The van der Waals surface area contributed by atoms with Crippen LogP contribution in [-0.4, -0.2) is 37.7 Å². The lowest BCUT2D eigenvalue weighted by Crippen LogP contribution is -2.25. The maximum atomic E-state index is 12.1. The number of rotatable bonds is 9. The number of benzene rings is 1. The highest BCUT2D eigenvalue weighted by molar-refractivity contribution is 5.92. The second-order valence-electron chi connectivity index (χ2n) is 6.36. The molecule has 2 aromatic rings. The van der Waals surface area contributed by atoms with E-state index in [9.17, 15) is 9.59 Å². The Morgan fingerprint density at radius 2 is 2.15 bits per heavy atom. The summed E-state index contributed by atoms with van der Waals surface area (Å²) in [7, 11) is 0. The molecule has 1 aliphatic rings. The van der Waals surface area contributed by atoms with Gasteiger partial charge in [-0.25, -0.2) is 0 Å². The molecule has 27 heavy (non-hydrogen) atoms. The quantitative estimate of drug-likeness (QED) is 0.661. The van der Waals surface area contributed by atoms with Crippen LogP contribution in [-0.2, 0) is 9.53 Å². The molecule has 0 radical (unpaired) electrons. The van der Waals surface area contributed by atoms with E-state index in [4.69, 9.17) is 13.9 Å². The highest BCUT2D eigenvalue weighted by Crippen LogP contribution is 2.20. The van der Waals surface area contributed by atoms with Gasteiger partial charge in [-0.3, -0.25) is 9.59 Å². The first-order chi connectivity index (χ1) is 13.2. The van der Waals surface area contributed by atoms with Crippen molar-refractivity contribution in [2.45, 2.75) is 31.8 Å². The van der Waals surface area contributed by atoms with Gasteiger partial charge in [0, 0.05) is 31.3 Å². The van der Waals surface area contributed by atoms with Crippen LogP contribution in [0.1, 0.15) is 36.2 Å². The van der Waals surface area contributed by atoms with E-state index in [1.165, 1.54) is 6.26 Å². The molecule has 2 heterocycles. The van der Waals surface area contributed by atoms with Gasteiger partial charge in [0.2, 0.25) is 5.91 Å². The van der Waals surface area contributed by atoms with Gasteiger partial charge < -0.3 is 24.5 Å². The lowest BCUT2D eigenvalue weighted by molar-refractivity contribution is -0.116. The smallest absolute Gasteiger partial charge is 0.286 e. The minimum Gasteiger partial charge on any atom is -0.491 e. The second kappa shape index (κ2) is 9.78. The molecule has 1 atom stereocenters. The average molecular weight is 372 g/mol. The first kappa shape index (κ1) is 19.0. The number of hydrogen-bond donors (Lipinski definition) is 2. The number of hydrogen-bond acceptors (Lipinski definition) is 5. The van der Waals surface area contributed by atoms with Crippen molar-refractivity contribution in [3.05, 3.63) is 48.4 Å². The van der Waals surface area contributed by atoms with Crippen LogP contribution in [0.25, 0.3) is 0 Å². The van der Waals surface area contributed by atoms with Crippen LogP contribution in [0, 0.1) is 0 Å². The SMILES string of the molecule is O=C(CCCNC(=O)c1ccco1)Nc1cccc(OCC2CCCO2)c1. The molecule has 7 nitrogen and oxygen atoms in total. The lowest BCUT2D eigenvalue weighted by Gasteiger charge is -2.12. The van der Waals surface area contributed by atoms with Gasteiger partial charge in [0.05, 0.1) is 12.4 Å². The van der Waals surface area contributed by atoms with Crippen molar-refractivity contribution >= 4 is 17.5 Å². The number of ether oxygens (including phenoxy) is 2. The summed E-state index contributed by atoms with van der Waals surface area (Å²) in [6.45, 7) is 1.72. The predicted octanol–water partition coefficient (Wildman–Crippen LogP) is 2.99. The molecule has 0 saturated carbocycles. The van der Waals surface area contributed by atoms with Gasteiger partial charge >= 0.3 is 0 Å². The molecule has 7 heteroatoms. The van der Waals surface area contributed by atoms with Crippen molar-refractivity contribution in [3.8, 4) is 5.75 Å². The Labute approximate surface area is 158 Å². The zero-order chi connectivity index (χ0) is 18.9. The summed E-state index contributed by atoms with van der Waals surface area (Å²) in [6.07, 6.45) is 4.53. The summed E-state index contributed by atoms with van der Waals surface area (Å²) >= 11 is 0. The molecular formula is C20H24N2O5. The standard InChI is InChI=1S/C20H24N2O5/c23-19(9-2-10-21-20(24)18-8-4-12-26-18)22-15-5-1-6-16(13-15)27-14-17-7-3-11-25-17/h1,4-6,8,12-13,17H,2-3,7,9-11,14H2,(H,21,24)(H,22,23). The van der Waals surface area contributed by atoms with Crippen molar-refractivity contribution < 1.29 is 23.5 Å². The molecule has 0 bridgehead atoms. The molecule has 1 saturated heterocycles. The highest BCUT2D eigenvalue weighted by atomic mass is 16.5. The summed E-state index contributed by atoms with van der Waals surface area (Å²) in [5.41, 5.74) is 0.685. The molecule has 1 unspecified atom stereocenters. The molecule has 2 amide bonds. The second-order valence-corrected chi connectivity index (χ2v) is 6.36. The lowest BCUT2D eigenvalue weighted by atomic mass is 10.2. The van der Waals surface area contributed by atoms with Crippen LogP contribution in [0.4, 0.5) is 5.69 Å². The van der Waals surface area contributed by atoms with Crippen LogP contribution >= 0.6 is 0 Å². The van der Waals surface area contributed by atoms with E-state index in [2.05, 4.69) is 10.6 Å². The zero-order valence-corrected chi connectivity index (χ0v) is 15.1. The predicted molar refractivity (Wildman–Crippen MR) is 99.8 cm³/mol. The fourth-order valence-electron chi connectivity index (χ4n) is 2.80. The van der Waals surface area contributed by atoms with E-state index < -0.39 is 0 Å². The van der Waals surface area contributed by atoms with E-state index in [1.54, 1.807) is 18.2 Å². The molecule has 3 rings (SSSR count). The minimum atomic E-state index is -0.281. The van der Waals surface area contributed by atoms with E-state index in [0.29, 0.717) is 37.4 Å². The number of furan rings is 1. The molecule has 2 N–H and O–H groups in total. The summed E-state index contributed by atoms with van der Waals surface area (Å²) in [4.78, 5) is 23.8. The largest absolute Gasteiger partial charge is 0.491 e. The van der Waals surface area contributed by atoms with E-state index in [-0.39, 0.29) is 23.7 Å². The molecular weight excluding hydrogens is 348 g/mol. The van der Waals surface area contributed by atoms with Crippen molar-refractivity contribution in [2.24, 2.45) is 0 Å². The summed E-state index contributed by atoms with van der Waals surface area (Å²) < 4.78 is 16.3. The maximum absolute atomic E-state index is 12.1. The van der Waals surface area contributed by atoms with Crippen molar-refractivity contribution in [1.29, 1.82) is 0 Å². The monoisotopic (exact) mass is 372 g/mol. The number of amides is 2. The maximum Gasteiger partial charge on any atom is 0.286 e. The Hall–Kier alpha value is -2.80. The Balaban J connectivity index is 1.36. The summed E-state index contributed by atoms with van der Waals surface area (Å²) in [6, 6.07) is 10.6. The van der Waals surface area contributed by atoms with Crippen LogP contribution in [0.5, 0.6) is 5.75 Å². The number of carbonyl (C=O) groups is 2. The fourth-order valence-corrected chi connectivity index (χ4v) is 2.80. The Bertz CT molecular complexity index is 739. The average Bonchev–Trinajstić information content (AvgIpc) is 3.37. The number of carbonyl (C=O) groups excluding carboxylic acids is 2. The van der Waals surface area contributed by atoms with Gasteiger partial charge in [0.25, 0.3) is 5.91 Å². The highest BCUT2D eigenvalue weighted by Gasteiger charge is 2.16. The van der Waals surface area contributed by atoms with Gasteiger partial charge in [-0.15, -0.1) is 0 Å². The number of anilines is 1. The Morgan fingerprint density at radius 3 is 2.93 bits per heavy atom. The number of nitrogens with one attached hydrogen (secondary N) is 2. The van der Waals surface area contributed by atoms with Gasteiger partial charge in [0.15, 0.2) is 5.76 Å². The van der Waals surface area contributed by atoms with Crippen molar-refractivity contribution in [1.82, 2.24) is 5.32 Å². The normalized spacial score (nSPS) is 16.1. The summed E-state index contributed by atoms with van der Waals surface area (Å²) in [5, 5.41) is 5.56. The Morgan fingerprint density at radius 1 is 1.22 bits per heavy atom. The van der Waals surface area contributed by atoms with Gasteiger partial charge in [-0.1, -0.05) is 6.07 Å². The van der Waals surface area contributed by atoms with Crippen LogP contribution in [0.3, 0.4) is 0 Å². The topological polar surface area (TPSA) is 89.8 Å². The van der Waals surface area contributed by atoms with Crippen LogP contribution in [0.2, 0.25) is 0 Å². The zero-order valence-electron chi connectivity index (χ0n) is 15.1. The third-order valence-electron chi connectivity index (χ3n) is 4.19. The van der Waals surface area contributed by atoms with E-state index in [0.717, 1.165) is 19.4 Å². The van der Waals surface area contributed by atoms with Gasteiger partial charge in [0.1, 0.15) is 12.4 Å². The molecule has 1 aromatic carbocycles. The van der Waals surface area contributed by atoms with Gasteiger partial charge in [-0.2, -0.15) is 0 Å².